The molecule has 60 valence electrons. The van der Waals surface area contributed by atoms with E-state index in [1.54, 1.807) is 11.3 Å². The van der Waals surface area contributed by atoms with E-state index in [1.807, 2.05) is 12.3 Å². The molecule has 0 aliphatic heterocycles. The van der Waals surface area contributed by atoms with Crippen molar-refractivity contribution in [3.05, 3.63) is 16.1 Å². The highest BCUT2D eigenvalue weighted by Gasteiger charge is 1.92. The van der Waals surface area contributed by atoms with Crippen molar-refractivity contribution in [3.63, 3.8) is 0 Å². The van der Waals surface area contributed by atoms with Gasteiger partial charge in [0.25, 0.3) is 0 Å². The Balaban J connectivity index is 0. The number of rotatable bonds is 1. The summed E-state index contributed by atoms with van der Waals surface area (Å²) in [6.45, 7) is 1.97. The molecular weight excluding hydrogens is 193 g/mol. The molecule has 0 aliphatic rings. The van der Waals surface area contributed by atoms with Gasteiger partial charge in [-0.15, -0.1) is 35.3 Å². The summed E-state index contributed by atoms with van der Waals surface area (Å²) < 4.78 is 0. The molecule has 0 unspecified atom stereocenters. The van der Waals surface area contributed by atoms with Crippen LogP contribution in [-0.2, 0) is 5.88 Å². The van der Waals surface area contributed by atoms with Crippen LogP contribution in [0.3, 0.4) is 0 Å². The molecular formula is C5H9Cl2NOS. The number of aryl methyl sites for hydroxylation is 1. The minimum Gasteiger partial charge on any atom is -0.412 e. The Bertz CT molecular complexity index is 180. The zero-order valence-corrected chi connectivity index (χ0v) is 7.82. The van der Waals surface area contributed by atoms with Crippen molar-refractivity contribution in [3.8, 4) is 0 Å². The molecule has 0 saturated heterocycles. The van der Waals surface area contributed by atoms with Gasteiger partial charge in [-0.3, -0.25) is 0 Å². The minimum atomic E-state index is 0. The average Bonchev–Trinajstić information content (AvgIpc) is 2.14. The van der Waals surface area contributed by atoms with Crippen molar-refractivity contribution < 1.29 is 5.48 Å². The summed E-state index contributed by atoms with van der Waals surface area (Å²) in [5.41, 5.74) is 0.981. The Morgan fingerprint density at radius 2 is 2.30 bits per heavy atom. The third-order valence-electron chi connectivity index (χ3n) is 0.803. The van der Waals surface area contributed by atoms with Crippen molar-refractivity contribution in [1.29, 1.82) is 0 Å². The molecule has 0 spiro atoms. The van der Waals surface area contributed by atoms with Crippen molar-refractivity contribution in [1.82, 2.24) is 4.98 Å². The van der Waals surface area contributed by atoms with Gasteiger partial charge < -0.3 is 5.48 Å². The first-order valence-electron chi connectivity index (χ1n) is 2.30. The second kappa shape index (κ2) is 5.92. The Kier molecular flexibility index (Phi) is 7.58. The summed E-state index contributed by atoms with van der Waals surface area (Å²) in [4.78, 5) is 4.12. The lowest BCUT2D eigenvalue weighted by Gasteiger charge is -1.77. The summed E-state index contributed by atoms with van der Waals surface area (Å²) in [5.74, 6) is 0.532. The first kappa shape index (κ1) is 12.8. The summed E-state index contributed by atoms with van der Waals surface area (Å²) >= 11 is 7.12. The molecule has 1 aromatic rings. The Labute approximate surface area is 75.0 Å². The highest BCUT2D eigenvalue weighted by Crippen LogP contribution is 2.08. The maximum atomic E-state index is 5.48. The standard InChI is InChI=1S/C5H6ClNS.ClH.H2O/c1-4-7-5(2-6)3-8-4;;/h3H,2H2,1H3;1H;1H2. The van der Waals surface area contributed by atoms with E-state index in [4.69, 9.17) is 11.6 Å². The van der Waals surface area contributed by atoms with Crippen LogP contribution in [0.1, 0.15) is 10.7 Å². The van der Waals surface area contributed by atoms with Crippen LogP contribution in [0.15, 0.2) is 5.38 Å². The zero-order valence-electron chi connectivity index (χ0n) is 5.43. The Morgan fingerprint density at radius 1 is 1.70 bits per heavy atom. The quantitative estimate of drug-likeness (QED) is 0.640. The number of nitrogens with zero attached hydrogens (tertiary/aromatic N) is 1. The first-order chi connectivity index (χ1) is 3.83. The predicted octanol–water partition coefficient (Wildman–Crippen LogP) is 1.79. The molecule has 0 saturated carbocycles. The van der Waals surface area contributed by atoms with Gasteiger partial charge in [-0.25, -0.2) is 4.98 Å². The van der Waals surface area contributed by atoms with Gasteiger partial charge in [0.05, 0.1) is 16.6 Å². The molecule has 2 nitrogen and oxygen atoms in total. The SMILES string of the molecule is Cc1nc(CCl)cs1.Cl.O. The van der Waals surface area contributed by atoms with Crippen LogP contribution in [-0.4, -0.2) is 10.5 Å². The lowest BCUT2D eigenvalue weighted by atomic mass is 10.6. The summed E-state index contributed by atoms with van der Waals surface area (Å²) in [6, 6.07) is 0. The van der Waals surface area contributed by atoms with Gasteiger partial charge in [-0.1, -0.05) is 0 Å². The molecule has 1 rings (SSSR count). The van der Waals surface area contributed by atoms with Gasteiger partial charge in [0.2, 0.25) is 0 Å². The molecule has 0 radical (unpaired) electrons. The molecule has 0 atom stereocenters. The largest absolute Gasteiger partial charge is 0.412 e. The maximum Gasteiger partial charge on any atom is 0.0897 e. The van der Waals surface area contributed by atoms with Crippen molar-refractivity contribution >= 4 is 35.3 Å². The summed E-state index contributed by atoms with van der Waals surface area (Å²) in [5, 5.41) is 3.06. The molecule has 1 aromatic heterocycles. The van der Waals surface area contributed by atoms with Crippen molar-refractivity contribution in [2.45, 2.75) is 12.8 Å². The smallest absolute Gasteiger partial charge is 0.0897 e. The van der Waals surface area contributed by atoms with Crippen LogP contribution in [0.2, 0.25) is 0 Å². The molecule has 1 heterocycles. The second-order valence-electron chi connectivity index (χ2n) is 1.49. The Hall–Kier alpha value is 0.170. The normalized spacial score (nSPS) is 7.80. The lowest BCUT2D eigenvalue weighted by Crippen LogP contribution is -1.74. The lowest BCUT2D eigenvalue weighted by molar-refractivity contribution is 0.824. The van der Waals surface area contributed by atoms with Gasteiger partial charge in [-0.05, 0) is 6.92 Å². The number of aromatic nitrogens is 1. The van der Waals surface area contributed by atoms with Crippen LogP contribution in [0.5, 0.6) is 0 Å². The number of hydrogen-bond acceptors (Lipinski definition) is 2. The molecule has 10 heavy (non-hydrogen) atoms. The summed E-state index contributed by atoms with van der Waals surface area (Å²) in [7, 11) is 0. The molecule has 0 aliphatic carbocycles. The van der Waals surface area contributed by atoms with E-state index in [1.165, 1.54) is 0 Å². The first-order valence-corrected chi connectivity index (χ1v) is 3.71. The number of halogens is 2. The van der Waals surface area contributed by atoms with Gasteiger partial charge >= 0.3 is 0 Å². The highest BCUT2D eigenvalue weighted by molar-refractivity contribution is 7.09. The molecule has 0 amide bonds. The fraction of sp³-hybridized carbons (Fsp3) is 0.400. The van der Waals surface area contributed by atoms with Crippen molar-refractivity contribution in [2.24, 2.45) is 0 Å². The summed E-state index contributed by atoms with van der Waals surface area (Å²) in [6.07, 6.45) is 0. The van der Waals surface area contributed by atoms with Gasteiger partial charge in [0, 0.05) is 5.38 Å². The molecule has 5 heteroatoms. The number of hydrogen-bond donors (Lipinski definition) is 0. The topological polar surface area (TPSA) is 44.4 Å². The fourth-order valence-corrected chi connectivity index (χ4v) is 1.31. The molecule has 0 aromatic carbocycles. The number of alkyl halides is 1. The average molecular weight is 202 g/mol. The van der Waals surface area contributed by atoms with Crippen molar-refractivity contribution in [2.75, 3.05) is 0 Å². The van der Waals surface area contributed by atoms with E-state index >= 15 is 0 Å². The maximum absolute atomic E-state index is 5.48. The third-order valence-corrected chi connectivity index (χ3v) is 1.90. The highest BCUT2D eigenvalue weighted by atomic mass is 35.5. The monoisotopic (exact) mass is 201 g/mol. The molecule has 0 bridgehead atoms. The number of thiazole rings is 1. The predicted molar refractivity (Wildman–Crippen MR) is 47.3 cm³/mol. The van der Waals surface area contributed by atoms with Gasteiger partial charge in [0.15, 0.2) is 0 Å². The van der Waals surface area contributed by atoms with Crippen LogP contribution in [0.25, 0.3) is 0 Å². The molecule has 2 N–H and O–H groups in total. The second-order valence-corrected chi connectivity index (χ2v) is 2.82. The van der Waals surface area contributed by atoms with Crippen LogP contribution >= 0.6 is 35.3 Å². The molecule has 0 fully saturated rings. The van der Waals surface area contributed by atoms with Crippen LogP contribution < -0.4 is 0 Å². The van der Waals surface area contributed by atoms with Gasteiger partial charge in [-0.2, -0.15) is 0 Å². The van der Waals surface area contributed by atoms with E-state index in [0.717, 1.165) is 10.7 Å². The van der Waals surface area contributed by atoms with E-state index in [9.17, 15) is 0 Å². The van der Waals surface area contributed by atoms with Crippen LogP contribution in [0.4, 0.5) is 0 Å². The third kappa shape index (κ3) is 3.37. The van der Waals surface area contributed by atoms with Crippen LogP contribution in [0, 0.1) is 6.92 Å². The zero-order chi connectivity index (χ0) is 5.98. The minimum absolute atomic E-state index is 0. The van der Waals surface area contributed by atoms with E-state index in [0.29, 0.717) is 5.88 Å². The fourth-order valence-electron chi connectivity index (χ4n) is 0.470. The van der Waals surface area contributed by atoms with E-state index in [-0.39, 0.29) is 17.9 Å². The van der Waals surface area contributed by atoms with Gasteiger partial charge in [0.1, 0.15) is 0 Å². The van der Waals surface area contributed by atoms with E-state index in [2.05, 4.69) is 4.98 Å². The van der Waals surface area contributed by atoms with E-state index < -0.39 is 0 Å². The Morgan fingerprint density at radius 3 is 2.50 bits per heavy atom.